The lowest BCUT2D eigenvalue weighted by atomic mass is 10.1. The zero-order valence-electron chi connectivity index (χ0n) is 12.2. The first-order valence-corrected chi connectivity index (χ1v) is 7.65. The summed E-state index contributed by atoms with van der Waals surface area (Å²) in [4.78, 5) is 8.45. The van der Waals surface area contributed by atoms with E-state index in [1.165, 1.54) is 5.56 Å². The van der Waals surface area contributed by atoms with Gasteiger partial charge in [0, 0.05) is 13.1 Å². The molecule has 0 saturated carbocycles. The zero-order chi connectivity index (χ0) is 15.1. The van der Waals surface area contributed by atoms with Crippen molar-refractivity contribution in [1.29, 1.82) is 0 Å². The molecule has 2 N–H and O–H groups in total. The molecule has 0 amide bonds. The van der Waals surface area contributed by atoms with E-state index >= 15 is 0 Å². The molecule has 0 aliphatic heterocycles. The van der Waals surface area contributed by atoms with E-state index in [1.807, 2.05) is 25.1 Å². The molecule has 0 fully saturated rings. The number of nitrogens with zero attached hydrogens (tertiary/aromatic N) is 2. The molecule has 1 heterocycles. The monoisotopic (exact) mass is 350 g/mol. The Kier molecular flexibility index (Phi) is 5.80. The fourth-order valence-corrected chi connectivity index (χ4v) is 2.49. The minimum Gasteiger partial charge on any atom is -0.496 e. The highest BCUT2D eigenvalue weighted by Gasteiger charge is 2.08. The maximum Gasteiger partial charge on any atom is 0.145 e. The quantitative estimate of drug-likeness (QED) is 0.801. The van der Waals surface area contributed by atoms with E-state index < -0.39 is 0 Å². The third kappa shape index (κ3) is 4.07. The van der Waals surface area contributed by atoms with E-state index in [0.717, 1.165) is 41.4 Å². The summed E-state index contributed by atoms with van der Waals surface area (Å²) in [5.41, 5.74) is 1.17. The Morgan fingerprint density at radius 1 is 1.14 bits per heavy atom. The second-order valence-electron chi connectivity index (χ2n) is 4.40. The van der Waals surface area contributed by atoms with Crippen molar-refractivity contribution in [3.63, 3.8) is 0 Å². The molecule has 2 aromatic rings. The van der Waals surface area contributed by atoms with Crippen LogP contribution < -0.4 is 15.4 Å². The number of methoxy groups -OCH3 is 1. The van der Waals surface area contributed by atoms with E-state index in [2.05, 4.69) is 42.6 Å². The van der Waals surface area contributed by atoms with Gasteiger partial charge in [-0.15, -0.1) is 0 Å². The molecule has 0 unspecified atom stereocenters. The molecule has 0 bridgehead atoms. The Hall–Kier alpha value is -1.82. The second-order valence-corrected chi connectivity index (χ2v) is 5.20. The first kappa shape index (κ1) is 15.6. The Morgan fingerprint density at radius 2 is 1.86 bits per heavy atom. The second kappa shape index (κ2) is 7.83. The summed E-state index contributed by atoms with van der Waals surface area (Å²) in [6.45, 7) is 3.61. The van der Waals surface area contributed by atoms with Gasteiger partial charge in [0.25, 0.3) is 0 Å². The van der Waals surface area contributed by atoms with Crippen LogP contribution in [-0.2, 0) is 6.42 Å². The number of rotatable bonds is 7. The van der Waals surface area contributed by atoms with Crippen molar-refractivity contribution >= 4 is 27.6 Å². The van der Waals surface area contributed by atoms with Crippen molar-refractivity contribution in [3.8, 4) is 5.75 Å². The molecule has 0 radical (unpaired) electrons. The van der Waals surface area contributed by atoms with Crippen LogP contribution in [0.5, 0.6) is 5.75 Å². The van der Waals surface area contributed by atoms with E-state index in [9.17, 15) is 0 Å². The number of ether oxygens (including phenoxy) is 1. The lowest BCUT2D eigenvalue weighted by Crippen LogP contribution is -2.09. The summed E-state index contributed by atoms with van der Waals surface area (Å²) in [5.74, 6) is 2.50. The van der Waals surface area contributed by atoms with Gasteiger partial charge in [0.05, 0.1) is 7.11 Å². The summed E-state index contributed by atoms with van der Waals surface area (Å²) < 4.78 is 6.20. The number of anilines is 2. The molecule has 5 nitrogen and oxygen atoms in total. The fourth-order valence-electron chi connectivity index (χ4n) is 2.01. The van der Waals surface area contributed by atoms with E-state index in [-0.39, 0.29) is 0 Å². The maximum atomic E-state index is 5.35. The summed E-state index contributed by atoms with van der Waals surface area (Å²) in [6.07, 6.45) is 2.41. The van der Waals surface area contributed by atoms with Crippen LogP contribution in [0, 0.1) is 0 Å². The largest absolute Gasteiger partial charge is 0.496 e. The van der Waals surface area contributed by atoms with Gasteiger partial charge in [-0.2, -0.15) is 0 Å². The van der Waals surface area contributed by atoms with Gasteiger partial charge in [-0.25, -0.2) is 9.97 Å². The van der Waals surface area contributed by atoms with E-state index in [0.29, 0.717) is 0 Å². The number of hydrogen-bond acceptors (Lipinski definition) is 5. The average Bonchev–Trinajstić information content (AvgIpc) is 2.51. The van der Waals surface area contributed by atoms with Crippen LogP contribution in [0.1, 0.15) is 12.5 Å². The fraction of sp³-hybridized carbons (Fsp3) is 0.333. The van der Waals surface area contributed by atoms with Gasteiger partial charge >= 0.3 is 0 Å². The number of nitrogens with one attached hydrogen (secondary N) is 2. The summed E-state index contributed by atoms with van der Waals surface area (Å²) in [6, 6.07) is 8.03. The zero-order valence-corrected chi connectivity index (χ0v) is 13.8. The van der Waals surface area contributed by atoms with Gasteiger partial charge in [0.15, 0.2) is 0 Å². The highest BCUT2D eigenvalue weighted by molar-refractivity contribution is 9.10. The number of aromatic nitrogens is 2. The summed E-state index contributed by atoms with van der Waals surface area (Å²) >= 11 is 3.52. The topological polar surface area (TPSA) is 59.1 Å². The first-order valence-electron chi connectivity index (χ1n) is 6.86. The van der Waals surface area contributed by atoms with Crippen LogP contribution in [0.4, 0.5) is 11.6 Å². The Morgan fingerprint density at radius 3 is 2.57 bits per heavy atom. The van der Waals surface area contributed by atoms with Crippen LogP contribution in [0.15, 0.2) is 35.1 Å². The highest BCUT2D eigenvalue weighted by atomic mass is 79.9. The van der Waals surface area contributed by atoms with Crippen LogP contribution in [-0.4, -0.2) is 30.2 Å². The van der Waals surface area contributed by atoms with Crippen molar-refractivity contribution in [2.45, 2.75) is 13.3 Å². The predicted molar refractivity (Wildman–Crippen MR) is 89.1 cm³/mol. The molecule has 0 aliphatic rings. The lowest BCUT2D eigenvalue weighted by Gasteiger charge is -2.12. The number of benzene rings is 1. The summed E-state index contributed by atoms with van der Waals surface area (Å²) in [5, 5.41) is 6.50. The molecular formula is C15H19BrN4O. The minimum atomic E-state index is 0.765. The third-order valence-corrected chi connectivity index (χ3v) is 3.76. The van der Waals surface area contributed by atoms with Crippen LogP contribution in [0.2, 0.25) is 0 Å². The minimum absolute atomic E-state index is 0.765. The molecule has 0 saturated heterocycles. The number of halogens is 1. The van der Waals surface area contributed by atoms with Crippen LogP contribution in [0.3, 0.4) is 0 Å². The molecule has 112 valence electrons. The Bertz CT molecular complexity index is 592. The molecule has 0 aliphatic carbocycles. The number of hydrogen-bond donors (Lipinski definition) is 2. The van der Waals surface area contributed by atoms with E-state index in [1.54, 1.807) is 13.4 Å². The molecule has 1 aromatic heterocycles. The molecule has 2 rings (SSSR count). The van der Waals surface area contributed by atoms with Crippen molar-refractivity contribution in [3.05, 3.63) is 40.6 Å². The van der Waals surface area contributed by atoms with Crippen molar-refractivity contribution in [2.75, 3.05) is 30.8 Å². The van der Waals surface area contributed by atoms with Gasteiger partial charge in [-0.3, -0.25) is 0 Å². The van der Waals surface area contributed by atoms with Gasteiger partial charge in [0.2, 0.25) is 0 Å². The van der Waals surface area contributed by atoms with E-state index in [4.69, 9.17) is 4.74 Å². The Labute approximate surface area is 133 Å². The highest BCUT2D eigenvalue weighted by Crippen LogP contribution is 2.26. The lowest BCUT2D eigenvalue weighted by molar-refractivity contribution is 0.410. The van der Waals surface area contributed by atoms with Gasteiger partial charge in [-0.05, 0) is 40.9 Å². The van der Waals surface area contributed by atoms with Crippen LogP contribution >= 0.6 is 15.9 Å². The predicted octanol–water partition coefficient (Wildman–Crippen LogP) is 3.33. The molecule has 1 aromatic carbocycles. The normalized spacial score (nSPS) is 10.2. The SMILES string of the molecule is CCNc1ncnc(NCCc2ccccc2OC)c1Br. The third-order valence-electron chi connectivity index (χ3n) is 3.01. The number of para-hydroxylation sites is 1. The standard InChI is InChI=1S/C15H19BrN4O/c1-3-17-14-13(16)15(20-10-19-14)18-9-8-11-6-4-5-7-12(11)21-2/h4-7,10H,3,8-9H2,1-2H3,(H2,17,18,19,20). The Balaban J connectivity index is 1.99. The van der Waals surface area contributed by atoms with Crippen LogP contribution in [0.25, 0.3) is 0 Å². The molecule has 6 heteroatoms. The van der Waals surface area contributed by atoms with Gasteiger partial charge < -0.3 is 15.4 Å². The van der Waals surface area contributed by atoms with Crippen molar-refractivity contribution < 1.29 is 4.74 Å². The molecular weight excluding hydrogens is 332 g/mol. The smallest absolute Gasteiger partial charge is 0.145 e. The van der Waals surface area contributed by atoms with Crippen molar-refractivity contribution in [1.82, 2.24) is 9.97 Å². The van der Waals surface area contributed by atoms with Gasteiger partial charge in [-0.1, -0.05) is 18.2 Å². The first-order chi connectivity index (χ1) is 10.3. The average molecular weight is 351 g/mol. The van der Waals surface area contributed by atoms with Crippen molar-refractivity contribution in [2.24, 2.45) is 0 Å². The molecule has 0 spiro atoms. The maximum absolute atomic E-state index is 5.35. The van der Waals surface area contributed by atoms with Gasteiger partial charge in [0.1, 0.15) is 28.2 Å². The summed E-state index contributed by atoms with van der Waals surface area (Å²) in [7, 11) is 1.69. The molecule has 0 atom stereocenters. The molecule has 21 heavy (non-hydrogen) atoms.